The maximum atomic E-state index is 3.67. The molecule has 2 aliphatic rings. The highest BCUT2D eigenvalue weighted by Gasteiger charge is 2.28. The van der Waals surface area contributed by atoms with Crippen LogP contribution >= 0.6 is 11.3 Å². The summed E-state index contributed by atoms with van der Waals surface area (Å²) >= 11 is 1.82. The summed E-state index contributed by atoms with van der Waals surface area (Å²) in [6.45, 7) is 3.71. The van der Waals surface area contributed by atoms with Gasteiger partial charge >= 0.3 is 0 Å². The van der Waals surface area contributed by atoms with Gasteiger partial charge in [0.1, 0.15) is 0 Å². The minimum absolute atomic E-state index is 0.802. The molecule has 0 aromatic carbocycles. The molecule has 1 aliphatic carbocycles. The fraction of sp³-hybridized carbons (Fsp3) is 0.750. The Balaban J connectivity index is 1.40. The highest BCUT2D eigenvalue weighted by molar-refractivity contribution is 7.07. The molecule has 2 fully saturated rings. The van der Waals surface area contributed by atoms with Crippen molar-refractivity contribution in [3.05, 3.63) is 22.4 Å². The SMILES string of the molecule is c1cc(CN(CCCC2CCCCN2)C2CC2)cs1. The van der Waals surface area contributed by atoms with E-state index in [-0.39, 0.29) is 0 Å². The molecule has 1 aromatic rings. The Morgan fingerprint density at radius 3 is 2.89 bits per heavy atom. The molecule has 1 N–H and O–H groups in total. The van der Waals surface area contributed by atoms with E-state index in [0.29, 0.717) is 0 Å². The summed E-state index contributed by atoms with van der Waals surface area (Å²) in [4.78, 5) is 2.71. The Hall–Kier alpha value is -0.380. The monoisotopic (exact) mass is 278 g/mol. The Morgan fingerprint density at radius 1 is 1.26 bits per heavy atom. The third kappa shape index (κ3) is 4.30. The van der Waals surface area contributed by atoms with Gasteiger partial charge in [-0.2, -0.15) is 11.3 Å². The van der Waals surface area contributed by atoms with E-state index in [4.69, 9.17) is 0 Å². The molecule has 19 heavy (non-hydrogen) atoms. The summed E-state index contributed by atoms with van der Waals surface area (Å²) < 4.78 is 0. The van der Waals surface area contributed by atoms with E-state index < -0.39 is 0 Å². The molecule has 106 valence electrons. The van der Waals surface area contributed by atoms with Crippen molar-refractivity contribution in [1.29, 1.82) is 0 Å². The molecule has 3 heteroatoms. The van der Waals surface area contributed by atoms with Gasteiger partial charge in [-0.3, -0.25) is 4.90 Å². The van der Waals surface area contributed by atoms with Crippen LogP contribution in [0.3, 0.4) is 0 Å². The van der Waals surface area contributed by atoms with E-state index in [0.717, 1.165) is 12.1 Å². The summed E-state index contributed by atoms with van der Waals surface area (Å²) in [5.41, 5.74) is 1.51. The quantitative estimate of drug-likeness (QED) is 0.819. The van der Waals surface area contributed by atoms with Crippen LogP contribution in [0.25, 0.3) is 0 Å². The molecule has 1 aromatic heterocycles. The number of hydrogen-bond acceptors (Lipinski definition) is 3. The zero-order chi connectivity index (χ0) is 12.9. The molecule has 0 spiro atoms. The second kappa shape index (κ2) is 6.87. The second-order valence-electron chi connectivity index (χ2n) is 6.12. The van der Waals surface area contributed by atoms with Crippen LogP contribution in [0.4, 0.5) is 0 Å². The molecule has 2 nitrogen and oxygen atoms in total. The Morgan fingerprint density at radius 2 is 2.21 bits per heavy atom. The normalized spacial score (nSPS) is 23.9. The molecule has 1 saturated heterocycles. The number of hydrogen-bond donors (Lipinski definition) is 1. The standard InChI is InChI=1S/C16H26N2S/c1-2-9-17-15(4-1)5-3-10-18(16-6-7-16)12-14-8-11-19-13-14/h8,11,13,15-17H,1-7,9-10,12H2. The molecule has 2 heterocycles. The van der Waals surface area contributed by atoms with Crippen LogP contribution in [0.1, 0.15) is 50.5 Å². The van der Waals surface area contributed by atoms with Crippen LogP contribution in [-0.4, -0.2) is 30.1 Å². The molecule has 0 radical (unpaired) electrons. The van der Waals surface area contributed by atoms with Crippen molar-refractivity contribution in [2.24, 2.45) is 0 Å². The molecule has 1 saturated carbocycles. The van der Waals surface area contributed by atoms with Crippen LogP contribution in [0.5, 0.6) is 0 Å². The van der Waals surface area contributed by atoms with Gasteiger partial charge in [-0.15, -0.1) is 0 Å². The molecule has 1 atom stereocenters. The van der Waals surface area contributed by atoms with Gasteiger partial charge in [0.15, 0.2) is 0 Å². The lowest BCUT2D eigenvalue weighted by atomic mass is 10.0. The molecule has 0 bridgehead atoms. The van der Waals surface area contributed by atoms with Gasteiger partial charge < -0.3 is 5.32 Å². The predicted molar refractivity (Wildman–Crippen MR) is 82.6 cm³/mol. The van der Waals surface area contributed by atoms with E-state index in [1.165, 1.54) is 70.1 Å². The number of nitrogens with one attached hydrogen (secondary N) is 1. The highest BCUT2D eigenvalue weighted by atomic mass is 32.1. The van der Waals surface area contributed by atoms with Crippen molar-refractivity contribution in [2.75, 3.05) is 13.1 Å². The van der Waals surface area contributed by atoms with Crippen molar-refractivity contribution in [3.8, 4) is 0 Å². The maximum absolute atomic E-state index is 3.67. The Bertz CT molecular complexity index is 353. The molecular weight excluding hydrogens is 252 g/mol. The smallest absolute Gasteiger partial charge is 0.0244 e. The minimum atomic E-state index is 0.802. The van der Waals surface area contributed by atoms with Crippen LogP contribution < -0.4 is 5.32 Å². The highest BCUT2D eigenvalue weighted by Crippen LogP contribution is 2.29. The zero-order valence-corrected chi connectivity index (χ0v) is 12.6. The fourth-order valence-corrected chi connectivity index (χ4v) is 3.82. The average Bonchev–Trinajstić information content (AvgIpc) is 3.17. The number of rotatable bonds is 7. The van der Waals surface area contributed by atoms with Gasteiger partial charge in [0.05, 0.1) is 0 Å². The van der Waals surface area contributed by atoms with Crippen molar-refractivity contribution in [3.63, 3.8) is 0 Å². The van der Waals surface area contributed by atoms with Gasteiger partial charge in [-0.1, -0.05) is 6.42 Å². The van der Waals surface area contributed by atoms with Crippen LogP contribution in [0.2, 0.25) is 0 Å². The van der Waals surface area contributed by atoms with Crippen molar-refractivity contribution in [1.82, 2.24) is 10.2 Å². The lowest BCUT2D eigenvalue weighted by Gasteiger charge is -2.26. The molecular formula is C16H26N2S. The first-order valence-corrected chi connectivity index (χ1v) is 8.84. The zero-order valence-electron chi connectivity index (χ0n) is 11.8. The number of nitrogens with zero attached hydrogens (tertiary/aromatic N) is 1. The van der Waals surface area contributed by atoms with Crippen LogP contribution in [0.15, 0.2) is 16.8 Å². The summed E-state index contributed by atoms with van der Waals surface area (Å²) in [7, 11) is 0. The van der Waals surface area contributed by atoms with Gasteiger partial charge in [0.2, 0.25) is 0 Å². The lowest BCUT2D eigenvalue weighted by Crippen LogP contribution is -2.35. The Kier molecular flexibility index (Phi) is 4.91. The second-order valence-corrected chi connectivity index (χ2v) is 6.90. The van der Waals surface area contributed by atoms with E-state index >= 15 is 0 Å². The summed E-state index contributed by atoms with van der Waals surface area (Å²) in [6, 6.07) is 3.97. The number of thiophene rings is 1. The van der Waals surface area contributed by atoms with Gasteiger partial charge in [-0.25, -0.2) is 0 Å². The van der Waals surface area contributed by atoms with Crippen molar-refractivity contribution in [2.45, 2.75) is 63.6 Å². The molecule has 1 unspecified atom stereocenters. The number of piperidine rings is 1. The van der Waals surface area contributed by atoms with Crippen LogP contribution in [-0.2, 0) is 6.54 Å². The fourth-order valence-electron chi connectivity index (χ4n) is 3.16. The molecule has 0 amide bonds. The van der Waals surface area contributed by atoms with E-state index in [1.54, 1.807) is 0 Å². The molecule has 3 rings (SSSR count). The van der Waals surface area contributed by atoms with Gasteiger partial charge in [-0.05, 0) is 74.0 Å². The summed E-state index contributed by atoms with van der Waals surface area (Å²) in [5, 5.41) is 8.17. The first-order valence-electron chi connectivity index (χ1n) is 7.90. The van der Waals surface area contributed by atoms with Crippen molar-refractivity contribution >= 4 is 11.3 Å². The van der Waals surface area contributed by atoms with E-state index in [2.05, 4.69) is 27.0 Å². The topological polar surface area (TPSA) is 15.3 Å². The van der Waals surface area contributed by atoms with Crippen molar-refractivity contribution < 1.29 is 0 Å². The first-order chi connectivity index (χ1) is 9.42. The summed E-state index contributed by atoms with van der Waals surface area (Å²) in [6.07, 6.45) is 9.78. The van der Waals surface area contributed by atoms with Crippen LogP contribution in [0, 0.1) is 0 Å². The van der Waals surface area contributed by atoms with Gasteiger partial charge in [0.25, 0.3) is 0 Å². The largest absolute Gasteiger partial charge is 0.314 e. The lowest BCUT2D eigenvalue weighted by molar-refractivity contribution is 0.241. The van der Waals surface area contributed by atoms with E-state index in [1.807, 2.05) is 11.3 Å². The molecule has 1 aliphatic heterocycles. The predicted octanol–water partition coefficient (Wildman–Crippen LogP) is 3.63. The summed E-state index contributed by atoms with van der Waals surface area (Å²) in [5.74, 6) is 0. The first kappa shape index (κ1) is 13.6. The van der Waals surface area contributed by atoms with E-state index in [9.17, 15) is 0 Å². The maximum Gasteiger partial charge on any atom is 0.0244 e. The average molecular weight is 278 g/mol. The Labute approximate surface area is 121 Å². The minimum Gasteiger partial charge on any atom is -0.314 e. The third-order valence-corrected chi connectivity index (χ3v) is 5.17. The third-order valence-electron chi connectivity index (χ3n) is 4.44. The van der Waals surface area contributed by atoms with Gasteiger partial charge in [0, 0.05) is 18.6 Å².